The highest BCUT2D eigenvalue weighted by Crippen LogP contribution is 2.30. The van der Waals surface area contributed by atoms with Crippen molar-refractivity contribution in [2.24, 2.45) is 7.05 Å². The zero-order chi connectivity index (χ0) is 18.4. The number of nitrogens with zero attached hydrogens (tertiary/aromatic N) is 3. The molecule has 3 nitrogen and oxygen atoms in total. The molecule has 2 aromatic heterocycles. The lowest BCUT2D eigenvalue weighted by molar-refractivity contribution is 0.740. The van der Waals surface area contributed by atoms with Crippen LogP contribution in [-0.4, -0.2) is 14.8 Å². The van der Waals surface area contributed by atoms with Gasteiger partial charge in [0.15, 0.2) is 0 Å². The van der Waals surface area contributed by atoms with E-state index >= 15 is 0 Å². The van der Waals surface area contributed by atoms with E-state index in [1.165, 1.54) is 52.3 Å². The first-order chi connectivity index (χ1) is 13.2. The summed E-state index contributed by atoms with van der Waals surface area (Å²) in [6.07, 6.45) is 9.36. The van der Waals surface area contributed by atoms with Gasteiger partial charge in [-0.3, -0.25) is 4.68 Å². The van der Waals surface area contributed by atoms with Crippen LogP contribution in [0.25, 0.3) is 38.5 Å². The van der Waals surface area contributed by atoms with Crippen LogP contribution in [0.3, 0.4) is 0 Å². The monoisotopic (exact) mass is 353 g/mol. The summed E-state index contributed by atoms with van der Waals surface area (Å²) in [6, 6.07) is 15.4. The van der Waals surface area contributed by atoms with Crippen molar-refractivity contribution in [2.75, 3.05) is 0 Å². The first-order valence-corrected chi connectivity index (χ1v) is 9.72. The minimum absolute atomic E-state index is 1.07. The van der Waals surface area contributed by atoms with Crippen molar-refractivity contribution in [2.45, 2.75) is 32.6 Å². The average Bonchev–Trinajstić information content (AvgIpc) is 3.09. The molecule has 0 unspecified atom stereocenters. The maximum atomic E-state index is 4.92. The number of benzene rings is 2. The van der Waals surface area contributed by atoms with Crippen molar-refractivity contribution in [1.82, 2.24) is 14.8 Å². The molecule has 0 saturated carbocycles. The van der Waals surface area contributed by atoms with Gasteiger partial charge in [0.2, 0.25) is 0 Å². The quantitative estimate of drug-likeness (QED) is 0.439. The molecule has 2 heterocycles. The second kappa shape index (κ2) is 6.34. The summed E-state index contributed by atoms with van der Waals surface area (Å²) in [4.78, 5) is 4.92. The Morgan fingerprint density at radius 3 is 2.67 bits per heavy atom. The Balaban J connectivity index is 1.57. The van der Waals surface area contributed by atoms with E-state index in [4.69, 9.17) is 4.98 Å². The Labute approximate surface area is 159 Å². The van der Waals surface area contributed by atoms with Crippen LogP contribution in [0.2, 0.25) is 0 Å². The molecule has 0 atom stereocenters. The summed E-state index contributed by atoms with van der Waals surface area (Å²) in [6.45, 7) is 2.13. The summed E-state index contributed by atoms with van der Waals surface area (Å²) in [5.74, 6) is 0. The van der Waals surface area contributed by atoms with E-state index in [1.54, 1.807) is 0 Å². The minimum atomic E-state index is 1.07. The van der Waals surface area contributed by atoms with Gasteiger partial charge in [-0.1, -0.05) is 18.2 Å². The first kappa shape index (κ1) is 16.2. The summed E-state index contributed by atoms with van der Waals surface area (Å²) < 4.78 is 1.88. The normalized spacial score (nSPS) is 14.7. The molecule has 0 aliphatic heterocycles. The van der Waals surface area contributed by atoms with Crippen LogP contribution in [0.4, 0.5) is 0 Å². The molecule has 0 saturated heterocycles. The van der Waals surface area contributed by atoms with E-state index in [0.29, 0.717) is 0 Å². The van der Waals surface area contributed by atoms with Crippen LogP contribution >= 0.6 is 0 Å². The highest BCUT2D eigenvalue weighted by molar-refractivity contribution is 5.90. The second-order valence-corrected chi connectivity index (χ2v) is 7.61. The molecular formula is C24H23N3. The standard InChI is InChI=1S/C24H23N3/c1-16-12-20(14-21-15-27(2)26-24(16)21)18-8-10-23-19(13-18)9-11-22(25-23)17-6-4-3-5-7-17/h6,8-15H,3-5,7H2,1-2H3. The summed E-state index contributed by atoms with van der Waals surface area (Å²) >= 11 is 0. The van der Waals surface area contributed by atoms with Crippen molar-refractivity contribution in [3.63, 3.8) is 0 Å². The summed E-state index contributed by atoms with van der Waals surface area (Å²) in [5.41, 5.74) is 8.36. The van der Waals surface area contributed by atoms with Crippen LogP contribution in [0.15, 0.2) is 54.7 Å². The maximum Gasteiger partial charge on any atom is 0.0952 e. The van der Waals surface area contributed by atoms with Crippen LogP contribution in [0, 0.1) is 6.92 Å². The molecule has 0 bridgehead atoms. The van der Waals surface area contributed by atoms with Gasteiger partial charge in [0, 0.05) is 24.0 Å². The van der Waals surface area contributed by atoms with Crippen molar-refractivity contribution in [3.05, 3.63) is 66.0 Å². The van der Waals surface area contributed by atoms with Gasteiger partial charge < -0.3 is 0 Å². The number of allylic oxidation sites excluding steroid dienone is 2. The molecule has 0 spiro atoms. The molecular weight excluding hydrogens is 330 g/mol. The lowest BCUT2D eigenvalue weighted by atomic mass is 9.96. The molecule has 4 aromatic rings. The number of pyridine rings is 1. The lowest BCUT2D eigenvalue weighted by Gasteiger charge is -2.13. The van der Waals surface area contributed by atoms with Gasteiger partial charge in [-0.25, -0.2) is 4.98 Å². The van der Waals surface area contributed by atoms with E-state index in [0.717, 1.165) is 23.1 Å². The van der Waals surface area contributed by atoms with E-state index < -0.39 is 0 Å². The zero-order valence-electron chi connectivity index (χ0n) is 15.9. The largest absolute Gasteiger partial charge is 0.275 e. The molecule has 1 aliphatic carbocycles. The van der Waals surface area contributed by atoms with Gasteiger partial charge in [0.1, 0.15) is 0 Å². The third-order valence-corrected chi connectivity index (χ3v) is 5.56. The van der Waals surface area contributed by atoms with Crippen molar-refractivity contribution < 1.29 is 0 Å². The zero-order valence-corrected chi connectivity index (χ0v) is 15.9. The Bertz CT molecular complexity index is 1200. The minimum Gasteiger partial charge on any atom is -0.275 e. The lowest BCUT2D eigenvalue weighted by Crippen LogP contribution is -1.95. The van der Waals surface area contributed by atoms with Gasteiger partial charge in [0.05, 0.1) is 16.7 Å². The number of aromatic nitrogens is 3. The fraction of sp³-hybridized carbons (Fsp3) is 0.250. The van der Waals surface area contributed by atoms with E-state index in [2.05, 4.69) is 66.8 Å². The smallest absolute Gasteiger partial charge is 0.0952 e. The molecule has 0 fully saturated rings. The Morgan fingerprint density at radius 2 is 1.81 bits per heavy atom. The van der Waals surface area contributed by atoms with Crippen LogP contribution in [0.1, 0.15) is 36.9 Å². The molecule has 1 aliphatic rings. The average molecular weight is 353 g/mol. The topological polar surface area (TPSA) is 30.7 Å². The van der Waals surface area contributed by atoms with Gasteiger partial charge in [-0.2, -0.15) is 5.10 Å². The molecule has 5 rings (SSSR count). The van der Waals surface area contributed by atoms with E-state index in [1.807, 2.05) is 11.7 Å². The predicted molar refractivity (Wildman–Crippen MR) is 113 cm³/mol. The van der Waals surface area contributed by atoms with Gasteiger partial charge >= 0.3 is 0 Å². The molecule has 2 aromatic carbocycles. The molecule has 3 heteroatoms. The Morgan fingerprint density at radius 1 is 0.926 bits per heavy atom. The Hall–Kier alpha value is -2.94. The van der Waals surface area contributed by atoms with Crippen molar-refractivity contribution in [3.8, 4) is 11.1 Å². The molecule has 27 heavy (non-hydrogen) atoms. The van der Waals surface area contributed by atoms with Crippen molar-refractivity contribution in [1.29, 1.82) is 0 Å². The van der Waals surface area contributed by atoms with Crippen LogP contribution in [0.5, 0.6) is 0 Å². The maximum absolute atomic E-state index is 4.92. The molecule has 0 radical (unpaired) electrons. The fourth-order valence-electron chi connectivity index (χ4n) is 4.15. The number of rotatable bonds is 2. The van der Waals surface area contributed by atoms with Gasteiger partial charge in [-0.05, 0) is 85.2 Å². The third kappa shape index (κ3) is 2.93. The molecule has 134 valence electrons. The van der Waals surface area contributed by atoms with E-state index in [9.17, 15) is 0 Å². The number of hydrogen-bond donors (Lipinski definition) is 0. The summed E-state index contributed by atoms with van der Waals surface area (Å²) in [7, 11) is 1.97. The summed E-state index contributed by atoms with van der Waals surface area (Å²) in [5, 5.41) is 6.93. The van der Waals surface area contributed by atoms with E-state index in [-0.39, 0.29) is 0 Å². The van der Waals surface area contributed by atoms with Crippen LogP contribution in [-0.2, 0) is 7.05 Å². The fourth-order valence-corrected chi connectivity index (χ4v) is 4.15. The molecule has 0 N–H and O–H groups in total. The second-order valence-electron chi connectivity index (χ2n) is 7.61. The number of hydrogen-bond acceptors (Lipinski definition) is 2. The predicted octanol–water partition coefficient (Wildman–Crippen LogP) is 6.05. The highest BCUT2D eigenvalue weighted by atomic mass is 15.2. The Kier molecular flexibility index (Phi) is 3.82. The number of fused-ring (bicyclic) bond motifs is 2. The molecule has 0 amide bonds. The van der Waals surface area contributed by atoms with Crippen molar-refractivity contribution >= 4 is 27.4 Å². The number of aryl methyl sites for hydroxylation is 2. The van der Waals surface area contributed by atoms with Crippen LogP contribution < -0.4 is 0 Å². The van der Waals surface area contributed by atoms with Gasteiger partial charge in [0.25, 0.3) is 0 Å². The van der Waals surface area contributed by atoms with Gasteiger partial charge in [-0.15, -0.1) is 0 Å². The first-order valence-electron chi connectivity index (χ1n) is 9.72. The highest BCUT2D eigenvalue weighted by Gasteiger charge is 2.10. The third-order valence-electron chi connectivity index (χ3n) is 5.56. The SMILES string of the molecule is Cc1cc(-c2ccc3nc(C4=CCCCC4)ccc3c2)cc2cn(C)nc12.